The van der Waals surface area contributed by atoms with Crippen molar-refractivity contribution >= 4 is 21.6 Å². The fourth-order valence-corrected chi connectivity index (χ4v) is 3.42. The van der Waals surface area contributed by atoms with E-state index in [-0.39, 0.29) is 6.61 Å². The van der Waals surface area contributed by atoms with E-state index in [9.17, 15) is 5.11 Å². The Morgan fingerprint density at radius 3 is 2.89 bits per heavy atom. The molecule has 1 heterocycles. The lowest BCUT2D eigenvalue weighted by molar-refractivity contribution is 0.282. The summed E-state index contributed by atoms with van der Waals surface area (Å²) in [7, 11) is 0. The number of anilines is 1. The van der Waals surface area contributed by atoms with Gasteiger partial charge in [0.25, 0.3) is 0 Å². The fourth-order valence-electron chi connectivity index (χ4n) is 3.07. The van der Waals surface area contributed by atoms with Crippen LogP contribution in [0.3, 0.4) is 0 Å². The highest BCUT2D eigenvalue weighted by Gasteiger charge is 2.18. The van der Waals surface area contributed by atoms with Crippen LogP contribution >= 0.6 is 15.9 Å². The highest BCUT2D eigenvalue weighted by molar-refractivity contribution is 9.10. The van der Waals surface area contributed by atoms with E-state index in [2.05, 4.69) is 33.8 Å². The number of hydrogen-bond donors (Lipinski definition) is 1. The largest absolute Gasteiger partial charge is 0.392 e. The van der Waals surface area contributed by atoms with Gasteiger partial charge in [-0.05, 0) is 37.3 Å². The SMILES string of the molecule is CCCC1CCCN(c2cc(Br)ccc2CO)CC1. The van der Waals surface area contributed by atoms with Gasteiger partial charge in [0.15, 0.2) is 0 Å². The van der Waals surface area contributed by atoms with E-state index in [0.717, 1.165) is 29.0 Å². The van der Waals surface area contributed by atoms with E-state index in [1.54, 1.807) is 0 Å². The van der Waals surface area contributed by atoms with Gasteiger partial charge >= 0.3 is 0 Å². The van der Waals surface area contributed by atoms with Crippen molar-refractivity contribution < 1.29 is 5.11 Å². The zero-order valence-corrected chi connectivity index (χ0v) is 13.3. The Hall–Kier alpha value is -0.540. The quantitative estimate of drug-likeness (QED) is 0.889. The molecule has 1 aromatic carbocycles. The van der Waals surface area contributed by atoms with Crippen molar-refractivity contribution in [3.05, 3.63) is 28.2 Å². The maximum absolute atomic E-state index is 9.50. The van der Waals surface area contributed by atoms with E-state index in [1.807, 2.05) is 12.1 Å². The van der Waals surface area contributed by atoms with Crippen molar-refractivity contribution in [2.24, 2.45) is 5.92 Å². The van der Waals surface area contributed by atoms with Gasteiger partial charge in [-0.15, -0.1) is 0 Å². The van der Waals surface area contributed by atoms with Crippen LogP contribution in [-0.2, 0) is 6.61 Å². The minimum absolute atomic E-state index is 0.123. The molecule has 1 aliphatic heterocycles. The van der Waals surface area contributed by atoms with E-state index in [1.165, 1.54) is 37.8 Å². The Bertz CT molecular complexity index is 408. The average molecular weight is 326 g/mol. The Labute approximate surface area is 124 Å². The molecule has 0 aliphatic carbocycles. The van der Waals surface area contributed by atoms with Gasteiger partial charge < -0.3 is 10.0 Å². The molecule has 0 aromatic heterocycles. The molecule has 1 aromatic rings. The first-order chi connectivity index (χ1) is 9.24. The third-order valence-electron chi connectivity index (χ3n) is 4.10. The van der Waals surface area contributed by atoms with Gasteiger partial charge in [0.05, 0.1) is 6.61 Å². The van der Waals surface area contributed by atoms with E-state index >= 15 is 0 Å². The standard InChI is InChI=1S/C16H24BrNO/c1-2-4-13-5-3-9-18(10-8-13)16-11-15(17)7-6-14(16)12-19/h6-7,11,13,19H,2-5,8-10,12H2,1H3. The summed E-state index contributed by atoms with van der Waals surface area (Å²) in [4.78, 5) is 2.45. The first kappa shape index (κ1) is 14.9. The molecule has 106 valence electrons. The van der Waals surface area contributed by atoms with Crippen molar-refractivity contribution in [1.29, 1.82) is 0 Å². The highest BCUT2D eigenvalue weighted by atomic mass is 79.9. The predicted octanol–water partition coefficient (Wildman–Crippen LogP) is 4.35. The molecule has 1 fully saturated rings. The molecule has 19 heavy (non-hydrogen) atoms. The minimum Gasteiger partial charge on any atom is -0.392 e. The summed E-state index contributed by atoms with van der Waals surface area (Å²) in [5, 5.41) is 9.50. The Morgan fingerprint density at radius 2 is 2.16 bits per heavy atom. The molecule has 1 aliphatic rings. The average Bonchev–Trinajstić information content (AvgIpc) is 2.65. The zero-order valence-electron chi connectivity index (χ0n) is 11.7. The zero-order chi connectivity index (χ0) is 13.7. The maximum Gasteiger partial charge on any atom is 0.0702 e. The summed E-state index contributed by atoms with van der Waals surface area (Å²) in [6.45, 7) is 4.64. The van der Waals surface area contributed by atoms with Crippen molar-refractivity contribution in [3.63, 3.8) is 0 Å². The lowest BCUT2D eigenvalue weighted by Gasteiger charge is -2.25. The van der Waals surface area contributed by atoms with Gasteiger partial charge in [-0.3, -0.25) is 0 Å². The summed E-state index contributed by atoms with van der Waals surface area (Å²) in [5.41, 5.74) is 2.24. The van der Waals surface area contributed by atoms with Gasteiger partial charge in [0, 0.05) is 28.8 Å². The van der Waals surface area contributed by atoms with Gasteiger partial charge in [-0.25, -0.2) is 0 Å². The maximum atomic E-state index is 9.50. The Balaban J connectivity index is 2.11. The summed E-state index contributed by atoms with van der Waals surface area (Å²) < 4.78 is 1.09. The number of aliphatic hydroxyl groups excluding tert-OH is 1. The second-order valence-corrected chi connectivity index (χ2v) is 6.42. The van der Waals surface area contributed by atoms with Crippen LogP contribution in [0.15, 0.2) is 22.7 Å². The monoisotopic (exact) mass is 325 g/mol. The summed E-state index contributed by atoms with van der Waals surface area (Å²) in [6.07, 6.45) is 6.56. The molecule has 0 spiro atoms. The summed E-state index contributed by atoms with van der Waals surface area (Å²) in [5.74, 6) is 0.889. The molecule has 1 atom stereocenters. The van der Waals surface area contributed by atoms with Crippen LogP contribution in [0.2, 0.25) is 0 Å². The molecule has 2 rings (SSSR count). The summed E-state index contributed by atoms with van der Waals surface area (Å²) in [6, 6.07) is 6.17. The number of benzene rings is 1. The van der Waals surface area contributed by atoms with Gasteiger partial charge in [0.2, 0.25) is 0 Å². The molecular weight excluding hydrogens is 302 g/mol. The topological polar surface area (TPSA) is 23.5 Å². The molecule has 2 nitrogen and oxygen atoms in total. The van der Waals surface area contributed by atoms with Crippen LogP contribution in [0.1, 0.15) is 44.6 Å². The molecule has 1 saturated heterocycles. The van der Waals surface area contributed by atoms with Gasteiger partial charge in [-0.2, -0.15) is 0 Å². The Kier molecular flexibility index (Phi) is 5.71. The fraction of sp³-hybridized carbons (Fsp3) is 0.625. The molecular formula is C16H24BrNO. The molecule has 0 bridgehead atoms. The van der Waals surface area contributed by atoms with Crippen molar-refractivity contribution in [3.8, 4) is 0 Å². The van der Waals surface area contributed by atoms with E-state index < -0.39 is 0 Å². The second kappa shape index (κ2) is 7.30. The van der Waals surface area contributed by atoms with Crippen molar-refractivity contribution in [2.45, 2.75) is 45.6 Å². The number of halogens is 1. The number of aliphatic hydroxyl groups is 1. The normalized spacial score (nSPS) is 20.4. The van der Waals surface area contributed by atoms with Crippen LogP contribution < -0.4 is 4.90 Å². The smallest absolute Gasteiger partial charge is 0.0702 e. The lowest BCUT2D eigenvalue weighted by Crippen LogP contribution is -2.25. The van der Waals surface area contributed by atoms with Gasteiger partial charge in [-0.1, -0.05) is 41.8 Å². The molecule has 3 heteroatoms. The Morgan fingerprint density at radius 1 is 1.32 bits per heavy atom. The predicted molar refractivity (Wildman–Crippen MR) is 84.5 cm³/mol. The molecule has 1 unspecified atom stereocenters. The van der Waals surface area contributed by atoms with E-state index in [0.29, 0.717) is 0 Å². The minimum atomic E-state index is 0.123. The van der Waals surface area contributed by atoms with Crippen LogP contribution in [-0.4, -0.2) is 18.2 Å². The molecule has 0 radical (unpaired) electrons. The number of hydrogen-bond acceptors (Lipinski definition) is 2. The second-order valence-electron chi connectivity index (χ2n) is 5.50. The highest BCUT2D eigenvalue weighted by Crippen LogP contribution is 2.29. The molecule has 0 saturated carbocycles. The van der Waals surface area contributed by atoms with Crippen LogP contribution in [0.25, 0.3) is 0 Å². The lowest BCUT2D eigenvalue weighted by atomic mass is 9.96. The van der Waals surface area contributed by atoms with Crippen LogP contribution in [0, 0.1) is 5.92 Å². The molecule has 0 amide bonds. The van der Waals surface area contributed by atoms with Crippen LogP contribution in [0.4, 0.5) is 5.69 Å². The first-order valence-electron chi connectivity index (χ1n) is 7.38. The van der Waals surface area contributed by atoms with Gasteiger partial charge in [0.1, 0.15) is 0 Å². The third-order valence-corrected chi connectivity index (χ3v) is 4.60. The third kappa shape index (κ3) is 3.96. The summed E-state index contributed by atoms with van der Waals surface area (Å²) >= 11 is 3.54. The van der Waals surface area contributed by atoms with Crippen molar-refractivity contribution in [2.75, 3.05) is 18.0 Å². The number of nitrogens with zero attached hydrogens (tertiary/aromatic N) is 1. The number of rotatable bonds is 4. The first-order valence-corrected chi connectivity index (χ1v) is 8.18. The van der Waals surface area contributed by atoms with Crippen molar-refractivity contribution in [1.82, 2.24) is 0 Å². The van der Waals surface area contributed by atoms with Crippen LogP contribution in [0.5, 0.6) is 0 Å². The molecule has 1 N–H and O–H groups in total. The van der Waals surface area contributed by atoms with E-state index in [4.69, 9.17) is 0 Å².